The number of morpholine rings is 1. The molecular formula is C27H28F3N5O5. The van der Waals surface area contributed by atoms with Crippen LogP contribution in [0.15, 0.2) is 60.8 Å². The molecule has 0 bridgehead atoms. The second-order valence-electron chi connectivity index (χ2n) is 8.67. The van der Waals surface area contributed by atoms with Crippen molar-refractivity contribution in [3.63, 3.8) is 0 Å². The molecule has 40 heavy (non-hydrogen) atoms. The van der Waals surface area contributed by atoms with Crippen molar-refractivity contribution >= 4 is 23.3 Å². The molecule has 0 unspecified atom stereocenters. The Morgan fingerprint density at radius 2 is 1.75 bits per heavy atom. The highest BCUT2D eigenvalue weighted by atomic mass is 19.4. The zero-order chi connectivity index (χ0) is 28.5. The first-order valence-corrected chi connectivity index (χ1v) is 12.4. The molecule has 10 nitrogen and oxygen atoms in total. The van der Waals surface area contributed by atoms with Gasteiger partial charge in [-0.25, -0.2) is 4.79 Å². The van der Waals surface area contributed by atoms with Gasteiger partial charge in [0.2, 0.25) is 0 Å². The third-order valence-corrected chi connectivity index (χ3v) is 5.86. The molecule has 0 spiro atoms. The van der Waals surface area contributed by atoms with Crippen LogP contribution in [0.5, 0.6) is 17.2 Å². The van der Waals surface area contributed by atoms with Gasteiger partial charge in [0.25, 0.3) is 5.91 Å². The molecule has 2 aromatic carbocycles. The molecule has 0 saturated carbocycles. The summed E-state index contributed by atoms with van der Waals surface area (Å²) in [6, 6.07) is 11.5. The van der Waals surface area contributed by atoms with Crippen LogP contribution >= 0.6 is 0 Å². The van der Waals surface area contributed by atoms with Crippen LogP contribution in [-0.4, -0.2) is 68.3 Å². The van der Waals surface area contributed by atoms with E-state index in [1.165, 1.54) is 25.4 Å². The van der Waals surface area contributed by atoms with Crippen molar-refractivity contribution < 1.29 is 37.0 Å². The van der Waals surface area contributed by atoms with E-state index in [-0.39, 0.29) is 29.6 Å². The van der Waals surface area contributed by atoms with E-state index in [0.29, 0.717) is 36.9 Å². The van der Waals surface area contributed by atoms with E-state index in [1.54, 1.807) is 30.3 Å². The van der Waals surface area contributed by atoms with Crippen molar-refractivity contribution in [3.05, 3.63) is 72.1 Å². The second kappa shape index (κ2) is 13.1. The normalized spacial score (nSPS) is 13.8. The molecule has 212 valence electrons. The van der Waals surface area contributed by atoms with Gasteiger partial charge in [-0.1, -0.05) is 0 Å². The van der Waals surface area contributed by atoms with Gasteiger partial charge in [-0.2, -0.15) is 13.2 Å². The molecule has 1 aromatic heterocycles. The average Bonchev–Trinajstić information content (AvgIpc) is 2.94. The summed E-state index contributed by atoms with van der Waals surface area (Å²) in [6.07, 6.45) is -3.15. The van der Waals surface area contributed by atoms with Gasteiger partial charge in [0.05, 0.1) is 24.5 Å². The van der Waals surface area contributed by atoms with Gasteiger partial charge in [0.15, 0.2) is 0 Å². The maximum Gasteiger partial charge on any atom is 0.416 e. The van der Waals surface area contributed by atoms with Crippen LogP contribution in [0.25, 0.3) is 0 Å². The lowest BCUT2D eigenvalue weighted by atomic mass is 10.2. The molecule has 4 rings (SSSR count). The Kier molecular flexibility index (Phi) is 9.40. The highest BCUT2D eigenvalue weighted by molar-refractivity contribution is 6.00. The molecule has 0 aliphatic carbocycles. The predicted molar refractivity (Wildman–Crippen MR) is 141 cm³/mol. The molecule has 1 aliphatic heterocycles. The van der Waals surface area contributed by atoms with Gasteiger partial charge in [-0.15, -0.1) is 0 Å². The van der Waals surface area contributed by atoms with Crippen LogP contribution in [0.3, 0.4) is 0 Å². The van der Waals surface area contributed by atoms with Crippen LogP contribution in [0.2, 0.25) is 0 Å². The summed E-state index contributed by atoms with van der Waals surface area (Å²) in [5.41, 5.74) is -0.472. The molecular weight excluding hydrogens is 531 g/mol. The smallest absolute Gasteiger partial charge is 0.416 e. The van der Waals surface area contributed by atoms with Gasteiger partial charge < -0.3 is 30.2 Å². The fourth-order valence-electron chi connectivity index (χ4n) is 3.79. The maximum absolute atomic E-state index is 13.3. The third-order valence-electron chi connectivity index (χ3n) is 5.86. The van der Waals surface area contributed by atoms with Crippen LogP contribution in [0.1, 0.15) is 16.1 Å². The van der Waals surface area contributed by atoms with Crippen molar-refractivity contribution in [2.75, 3.05) is 57.1 Å². The van der Waals surface area contributed by atoms with Crippen LogP contribution in [-0.2, 0) is 10.9 Å². The molecule has 1 fully saturated rings. The van der Waals surface area contributed by atoms with Gasteiger partial charge >= 0.3 is 12.2 Å². The number of ether oxygens (including phenoxy) is 3. The molecule has 1 aliphatic rings. The molecule has 3 N–H and O–H groups in total. The number of nitrogens with one attached hydrogen (secondary N) is 3. The van der Waals surface area contributed by atoms with Gasteiger partial charge in [-0.05, 0) is 48.5 Å². The van der Waals surface area contributed by atoms with E-state index < -0.39 is 17.8 Å². The number of halogens is 3. The number of carbonyl (C=O) groups is 2. The largest absolute Gasteiger partial charge is 0.490 e. The molecule has 13 heteroatoms. The van der Waals surface area contributed by atoms with Crippen LogP contribution < -0.4 is 25.4 Å². The number of amides is 3. The summed E-state index contributed by atoms with van der Waals surface area (Å²) < 4.78 is 56.7. The number of carbonyl (C=O) groups excluding carboxylic acids is 2. The zero-order valence-electron chi connectivity index (χ0n) is 21.6. The topological polar surface area (TPSA) is 114 Å². The first kappa shape index (κ1) is 28.6. The van der Waals surface area contributed by atoms with Crippen molar-refractivity contribution in [3.8, 4) is 17.2 Å². The Hall–Kier alpha value is -4.36. The number of aromatic nitrogens is 1. The van der Waals surface area contributed by atoms with E-state index in [4.69, 9.17) is 14.2 Å². The summed E-state index contributed by atoms with van der Waals surface area (Å²) in [7, 11) is 1.49. The number of hydrogen-bond donors (Lipinski definition) is 3. The van der Waals surface area contributed by atoms with E-state index >= 15 is 0 Å². The highest BCUT2D eigenvalue weighted by Crippen LogP contribution is 2.35. The molecule has 3 aromatic rings. The number of hydrogen-bond acceptors (Lipinski definition) is 7. The third kappa shape index (κ3) is 8.07. The summed E-state index contributed by atoms with van der Waals surface area (Å²) in [6.45, 7) is 3.51. The van der Waals surface area contributed by atoms with Gasteiger partial charge in [-0.3, -0.25) is 14.7 Å². The Labute approximate surface area is 228 Å². The summed E-state index contributed by atoms with van der Waals surface area (Å²) in [4.78, 5) is 30.5. The number of urea groups is 1. The fraction of sp³-hybridized carbons (Fsp3) is 0.296. The fourth-order valence-corrected chi connectivity index (χ4v) is 3.79. The number of rotatable bonds is 9. The molecule has 3 amide bonds. The van der Waals surface area contributed by atoms with Crippen molar-refractivity contribution in [2.24, 2.45) is 0 Å². The average molecular weight is 560 g/mol. The minimum atomic E-state index is -4.59. The quantitative estimate of drug-likeness (QED) is 0.351. The first-order valence-electron chi connectivity index (χ1n) is 12.4. The SMILES string of the molecule is CNC(=O)c1cc(Oc2ccc(NC(=O)Nc3cc(C(F)(F)F)ccc3OCCN3CCOCC3)cc2)ccn1. The van der Waals surface area contributed by atoms with E-state index in [2.05, 4.69) is 25.8 Å². The standard InChI is InChI=1S/C27H28F3N5O5/c1-31-25(36)23-17-21(8-9-32-23)40-20-5-3-19(4-6-20)33-26(37)34-22-16-18(27(28,29)30)2-7-24(22)39-15-12-35-10-13-38-14-11-35/h2-9,16-17H,10-15H2,1H3,(H,31,36)(H2,33,34,37). The predicted octanol–water partition coefficient (Wildman–Crippen LogP) is 4.61. The van der Waals surface area contributed by atoms with Crippen molar-refractivity contribution in [1.29, 1.82) is 0 Å². The van der Waals surface area contributed by atoms with Crippen molar-refractivity contribution in [1.82, 2.24) is 15.2 Å². The maximum atomic E-state index is 13.3. The number of alkyl halides is 3. The van der Waals surface area contributed by atoms with E-state index in [1.807, 2.05) is 0 Å². The van der Waals surface area contributed by atoms with Crippen LogP contribution in [0, 0.1) is 0 Å². The monoisotopic (exact) mass is 559 g/mol. The number of benzene rings is 2. The summed E-state index contributed by atoms with van der Waals surface area (Å²) >= 11 is 0. The summed E-state index contributed by atoms with van der Waals surface area (Å²) in [5.74, 6) is 0.572. The van der Waals surface area contributed by atoms with Crippen LogP contribution in [0.4, 0.5) is 29.3 Å². The minimum absolute atomic E-state index is 0.112. The highest BCUT2D eigenvalue weighted by Gasteiger charge is 2.31. The second-order valence-corrected chi connectivity index (χ2v) is 8.67. The van der Waals surface area contributed by atoms with Gasteiger partial charge in [0, 0.05) is 44.6 Å². The number of pyridine rings is 1. The number of anilines is 2. The van der Waals surface area contributed by atoms with E-state index in [0.717, 1.165) is 25.2 Å². The lowest BCUT2D eigenvalue weighted by molar-refractivity contribution is -0.137. The molecule has 2 heterocycles. The Balaban J connectivity index is 1.38. The minimum Gasteiger partial charge on any atom is -0.490 e. The Bertz CT molecular complexity index is 1310. The van der Waals surface area contributed by atoms with Crippen molar-refractivity contribution in [2.45, 2.75) is 6.18 Å². The first-order chi connectivity index (χ1) is 19.2. The Morgan fingerprint density at radius 3 is 2.45 bits per heavy atom. The molecule has 0 atom stereocenters. The zero-order valence-corrected chi connectivity index (χ0v) is 21.6. The molecule has 1 saturated heterocycles. The van der Waals surface area contributed by atoms with E-state index in [9.17, 15) is 22.8 Å². The lowest BCUT2D eigenvalue weighted by Gasteiger charge is -2.26. The number of nitrogens with zero attached hydrogens (tertiary/aromatic N) is 2. The lowest BCUT2D eigenvalue weighted by Crippen LogP contribution is -2.38. The summed E-state index contributed by atoms with van der Waals surface area (Å²) in [5, 5.41) is 7.51. The molecule has 0 radical (unpaired) electrons. The van der Waals surface area contributed by atoms with Gasteiger partial charge in [0.1, 0.15) is 29.5 Å². The Morgan fingerprint density at radius 1 is 1.00 bits per heavy atom.